The molecule has 1 heterocycles. The maximum absolute atomic E-state index is 9.74. The molecule has 76 valence electrons. The van der Waals surface area contributed by atoms with Gasteiger partial charge in [0.1, 0.15) is 0 Å². The summed E-state index contributed by atoms with van der Waals surface area (Å²) in [7, 11) is 0. The van der Waals surface area contributed by atoms with E-state index >= 15 is 0 Å². The fraction of sp³-hybridized carbons (Fsp3) is 1.00. The molecule has 3 atom stereocenters. The molecule has 1 aliphatic carbocycles. The highest BCUT2D eigenvalue weighted by atomic mass is 16.3. The third-order valence-electron chi connectivity index (χ3n) is 3.40. The van der Waals surface area contributed by atoms with Gasteiger partial charge in [0.05, 0.1) is 6.10 Å². The predicted octanol–water partition coefficient (Wildman–Crippen LogP) is 0.323. The Morgan fingerprint density at radius 2 is 2.00 bits per heavy atom. The smallest absolute Gasteiger partial charge is 0.0695 e. The van der Waals surface area contributed by atoms with Gasteiger partial charge in [-0.05, 0) is 38.6 Å². The first-order valence-corrected chi connectivity index (χ1v) is 5.45. The van der Waals surface area contributed by atoms with Crippen LogP contribution in [0.4, 0.5) is 0 Å². The van der Waals surface area contributed by atoms with Gasteiger partial charge >= 0.3 is 0 Å². The lowest BCUT2D eigenvalue weighted by Gasteiger charge is -2.36. The van der Waals surface area contributed by atoms with Crippen molar-refractivity contribution in [3.05, 3.63) is 0 Å². The number of likely N-dealkylation sites (tertiary alicyclic amines) is 1. The van der Waals surface area contributed by atoms with Crippen LogP contribution in [-0.4, -0.2) is 41.3 Å². The number of piperidine rings is 1. The summed E-state index contributed by atoms with van der Waals surface area (Å²) in [6.45, 7) is 2.12. The summed E-state index contributed by atoms with van der Waals surface area (Å²) in [5, 5.41) is 9.74. The molecule has 2 rings (SSSR count). The summed E-state index contributed by atoms with van der Waals surface area (Å²) in [5.41, 5.74) is 5.91. The van der Waals surface area contributed by atoms with Crippen LogP contribution in [0.2, 0.25) is 0 Å². The second-order valence-corrected chi connectivity index (χ2v) is 4.46. The van der Waals surface area contributed by atoms with Crippen LogP contribution >= 0.6 is 0 Å². The van der Waals surface area contributed by atoms with Gasteiger partial charge < -0.3 is 10.8 Å². The van der Waals surface area contributed by atoms with Gasteiger partial charge in [-0.2, -0.15) is 0 Å². The molecule has 1 saturated carbocycles. The summed E-state index contributed by atoms with van der Waals surface area (Å²) < 4.78 is 0. The highest BCUT2D eigenvalue weighted by molar-refractivity contribution is 4.88. The molecule has 0 amide bonds. The fourth-order valence-corrected chi connectivity index (χ4v) is 2.69. The number of aliphatic hydroxyl groups excluding tert-OH is 1. The van der Waals surface area contributed by atoms with E-state index in [-0.39, 0.29) is 6.10 Å². The molecule has 1 aliphatic heterocycles. The SMILES string of the molecule is NC1CCCN(C2CCCC2O)C1. The van der Waals surface area contributed by atoms with Crippen molar-refractivity contribution in [1.29, 1.82) is 0 Å². The highest BCUT2D eigenvalue weighted by Crippen LogP contribution is 2.26. The molecule has 3 N–H and O–H groups in total. The average Bonchev–Trinajstić information content (AvgIpc) is 2.51. The van der Waals surface area contributed by atoms with Gasteiger partial charge in [-0.3, -0.25) is 4.90 Å². The largest absolute Gasteiger partial charge is 0.391 e. The monoisotopic (exact) mass is 184 g/mol. The lowest BCUT2D eigenvalue weighted by Crippen LogP contribution is -2.50. The second kappa shape index (κ2) is 3.95. The van der Waals surface area contributed by atoms with Crippen molar-refractivity contribution in [2.75, 3.05) is 13.1 Å². The molecule has 2 fully saturated rings. The zero-order valence-electron chi connectivity index (χ0n) is 8.15. The van der Waals surface area contributed by atoms with Crippen molar-refractivity contribution >= 4 is 0 Å². The third kappa shape index (κ3) is 2.03. The normalized spacial score (nSPS) is 42.5. The molecule has 3 nitrogen and oxygen atoms in total. The highest BCUT2D eigenvalue weighted by Gasteiger charge is 2.32. The molecule has 0 aromatic rings. The average molecular weight is 184 g/mol. The Labute approximate surface area is 79.9 Å². The lowest BCUT2D eigenvalue weighted by atomic mass is 10.0. The van der Waals surface area contributed by atoms with Crippen LogP contribution in [-0.2, 0) is 0 Å². The topological polar surface area (TPSA) is 49.5 Å². The molecule has 0 spiro atoms. The van der Waals surface area contributed by atoms with E-state index in [1.807, 2.05) is 0 Å². The van der Waals surface area contributed by atoms with Crippen LogP contribution in [0.3, 0.4) is 0 Å². The Balaban J connectivity index is 1.91. The Bertz CT molecular complexity index is 174. The summed E-state index contributed by atoms with van der Waals surface area (Å²) in [4.78, 5) is 2.39. The van der Waals surface area contributed by atoms with E-state index in [1.165, 1.54) is 12.8 Å². The van der Waals surface area contributed by atoms with Crippen molar-refractivity contribution in [1.82, 2.24) is 4.90 Å². The predicted molar refractivity (Wildman–Crippen MR) is 52.4 cm³/mol. The number of nitrogens with two attached hydrogens (primary N) is 1. The Hall–Kier alpha value is -0.120. The minimum atomic E-state index is -0.0923. The molecule has 2 aliphatic rings. The van der Waals surface area contributed by atoms with E-state index in [4.69, 9.17) is 5.73 Å². The van der Waals surface area contributed by atoms with E-state index in [1.54, 1.807) is 0 Å². The Morgan fingerprint density at radius 1 is 1.15 bits per heavy atom. The Morgan fingerprint density at radius 3 is 2.62 bits per heavy atom. The first-order valence-electron chi connectivity index (χ1n) is 5.45. The molecule has 13 heavy (non-hydrogen) atoms. The second-order valence-electron chi connectivity index (χ2n) is 4.46. The number of aliphatic hydroxyl groups is 1. The van der Waals surface area contributed by atoms with Crippen LogP contribution in [0.15, 0.2) is 0 Å². The van der Waals surface area contributed by atoms with Crippen LogP contribution in [0.5, 0.6) is 0 Å². The molecule has 1 saturated heterocycles. The first-order chi connectivity index (χ1) is 6.27. The Kier molecular flexibility index (Phi) is 2.86. The number of hydrogen-bond acceptors (Lipinski definition) is 3. The lowest BCUT2D eigenvalue weighted by molar-refractivity contribution is 0.0541. The maximum atomic E-state index is 9.74. The summed E-state index contributed by atoms with van der Waals surface area (Å²) in [5.74, 6) is 0. The summed E-state index contributed by atoms with van der Waals surface area (Å²) >= 11 is 0. The zero-order chi connectivity index (χ0) is 9.26. The van der Waals surface area contributed by atoms with E-state index in [9.17, 15) is 5.11 Å². The molecule has 0 bridgehead atoms. The molecular formula is C10H20N2O. The van der Waals surface area contributed by atoms with Gasteiger partial charge in [0, 0.05) is 18.6 Å². The van der Waals surface area contributed by atoms with Crippen LogP contribution in [0.1, 0.15) is 32.1 Å². The number of hydrogen-bond donors (Lipinski definition) is 2. The third-order valence-corrected chi connectivity index (χ3v) is 3.40. The molecule has 3 heteroatoms. The molecule has 0 aromatic carbocycles. The van der Waals surface area contributed by atoms with E-state index in [0.717, 1.165) is 32.4 Å². The standard InChI is InChI=1S/C10H20N2O/c11-8-3-2-6-12(7-8)9-4-1-5-10(9)13/h8-10,13H,1-7,11H2. The maximum Gasteiger partial charge on any atom is 0.0695 e. The summed E-state index contributed by atoms with van der Waals surface area (Å²) in [6.07, 6.45) is 5.58. The first kappa shape index (κ1) is 9.44. The van der Waals surface area contributed by atoms with Gasteiger partial charge in [0.25, 0.3) is 0 Å². The van der Waals surface area contributed by atoms with Crippen LogP contribution < -0.4 is 5.73 Å². The number of nitrogens with zero attached hydrogens (tertiary/aromatic N) is 1. The van der Waals surface area contributed by atoms with Crippen molar-refractivity contribution in [2.24, 2.45) is 5.73 Å². The van der Waals surface area contributed by atoms with Crippen molar-refractivity contribution in [2.45, 2.75) is 50.3 Å². The van der Waals surface area contributed by atoms with Crippen molar-refractivity contribution in [3.63, 3.8) is 0 Å². The minimum absolute atomic E-state index is 0.0923. The molecule has 0 aromatic heterocycles. The van der Waals surface area contributed by atoms with Crippen molar-refractivity contribution < 1.29 is 5.11 Å². The van der Waals surface area contributed by atoms with Crippen LogP contribution in [0, 0.1) is 0 Å². The van der Waals surface area contributed by atoms with E-state index in [2.05, 4.69) is 4.90 Å². The van der Waals surface area contributed by atoms with E-state index < -0.39 is 0 Å². The minimum Gasteiger partial charge on any atom is -0.391 e. The van der Waals surface area contributed by atoms with Crippen LogP contribution in [0.25, 0.3) is 0 Å². The quantitative estimate of drug-likeness (QED) is 0.617. The van der Waals surface area contributed by atoms with Gasteiger partial charge in [-0.25, -0.2) is 0 Å². The molecule has 3 unspecified atom stereocenters. The van der Waals surface area contributed by atoms with Gasteiger partial charge in [0.2, 0.25) is 0 Å². The van der Waals surface area contributed by atoms with Gasteiger partial charge in [-0.15, -0.1) is 0 Å². The fourth-order valence-electron chi connectivity index (χ4n) is 2.69. The van der Waals surface area contributed by atoms with Crippen molar-refractivity contribution in [3.8, 4) is 0 Å². The molecular weight excluding hydrogens is 164 g/mol. The number of rotatable bonds is 1. The van der Waals surface area contributed by atoms with E-state index in [0.29, 0.717) is 12.1 Å². The van der Waals surface area contributed by atoms with Gasteiger partial charge in [0.15, 0.2) is 0 Å². The summed E-state index contributed by atoms with van der Waals surface area (Å²) in [6, 6.07) is 0.743. The zero-order valence-corrected chi connectivity index (χ0v) is 8.15. The van der Waals surface area contributed by atoms with Gasteiger partial charge in [-0.1, -0.05) is 0 Å². The molecule has 0 radical (unpaired) electrons.